The Balaban J connectivity index is 4.34. The van der Waals surface area contributed by atoms with Crippen LogP contribution in [0.5, 0.6) is 0 Å². The molecule has 0 aromatic rings. The summed E-state index contributed by atoms with van der Waals surface area (Å²) in [6.45, 7) is 4.84. The van der Waals surface area contributed by atoms with E-state index in [2.05, 4.69) is 5.32 Å². The molecule has 76 valence electrons. The van der Waals surface area contributed by atoms with E-state index in [1.807, 2.05) is 6.92 Å². The maximum Gasteiger partial charge on any atom is 0.329 e. The van der Waals surface area contributed by atoms with Gasteiger partial charge in [0.2, 0.25) is 5.91 Å². The topological polar surface area (TPSA) is 66.4 Å². The summed E-state index contributed by atoms with van der Waals surface area (Å²) in [6.07, 6.45) is 2.18. The van der Waals surface area contributed by atoms with Crippen LogP contribution in [0.2, 0.25) is 0 Å². The van der Waals surface area contributed by atoms with Gasteiger partial charge in [0.25, 0.3) is 0 Å². The van der Waals surface area contributed by atoms with Crippen molar-refractivity contribution in [1.82, 2.24) is 5.32 Å². The molecule has 0 aromatic heterocycles. The van der Waals surface area contributed by atoms with Crippen LogP contribution in [0.3, 0.4) is 0 Å². The first-order valence-electron chi connectivity index (χ1n) is 4.44. The number of carbonyl (C=O) groups excluding carboxylic acids is 1. The number of carboxylic acid groups (broad SMARTS) is 1. The van der Waals surface area contributed by atoms with Crippen LogP contribution in [0, 0.1) is 0 Å². The number of amides is 1. The fraction of sp³-hybridized carbons (Fsp3) is 0.778. The molecule has 0 rings (SSSR count). The molecule has 0 aliphatic rings. The molecule has 0 saturated carbocycles. The Morgan fingerprint density at radius 1 is 1.46 bits per heavy atom. The summed E-state index contributed by atoms with van der Waals surface area (Å²) in [4.78, 5) is 21.6. The number of carboxylic acids is 1. The van der Waals surface area contributed by atoms with Gasteiger partial charge in [-0.25, -0.2) is 4.79 Å². The second-order valence-electron chi connectivity index (χ2n) is 3.42. The van der Waals surface area contributed by atoms with Gasteiger partial charge < -0.3 is 10.4 Å². The molecule has 0 spiro atoms. The predicted octanol–water partition coefficient (Wildman–Crippen LogP) is 1.16. The van der Waals surface area contributed by atoms with Gasteiger partial charge in [-0.05, 0) is 13.3 Å². The van der Waals surface area contributed by atoms with Crippen LogP contribution >= 0.6 is 0 Å². The first kappa shape index (κ1) is 11.9. The van der Waals surface area contributed by atoms with Crippen molar-refractivity contribution in [2.75, 3.05) is 0 Å². The van der Waals surface area contributed by atoms with E-state index < -0.39 is 11.5 Å². The number of unbranched alkanes of at least 4 members (excludes halogenated alkanes) is 1. The van der Waals surface area contributed by atoms with Crippen LogP contribution in [0.1, 0.15) is 40.0 Å². The smallest absolute Gasteiger partial charge is 0.329 e. The van der Waals surface area contributed by atoms with Crippen molar-refractivity contribution in [3.63, 3.8) is 0 Å². The van der Waals surface area contributed by atoms with E-state index in [1.165, 1.54) is 13.8 Å². The molecule has 13 heavy (non-hydrogen) atoms. The van der Waals surface area contributed by atoms with Gasteiger partial charge in [-0.2, -0.15) is 0 Å². The highest BCUT2D eigenvalue weighted by Crippen LogP contribution is 2.13. The van der Waals surface area contributed by atoms with E-state index in [9.17, 15) is 9.59 Å². The van der Waals surface area contributed by atoms with Gasteiger partial charge in [0, 0.05) is 6.92 Å². The zero-order valence-electron chi connectivity index (χ0n) is 8.39. The molecule has 0 heterocycles. The number of carbonyl (C=O) groups is 2. The minimum Gasteiger partial charge on any atom is -0.480 e. The molecule has 2 N–H and O–H groups in total. The lowest BCUT2D eigenvalue weighted by atomic mass is 9.95. The summed E-state index contributed by atoms with van der Waals surface area (Å²) in [5.74, 6) is -1.28. The van der Waals surface area contributed by atoms with Crippen LogP contribution in [0.25, 0.3) is 0 Å². The van der Waals surface area contributed by atoms with Crippen molar-refractivity contribution in [2.45, 2.75) is 45.6 Å². The van der Waals surface area contributed by atoms with Crippen LogP contribution in [0.15, 0.2) is 0 Å². The predicted molar refractivity (Wildman–Crippen MR) is 49.4 cm³/mol. The van der Waals surface area contributed by atoms with Crippen molar-refractivity contribution >= 4 is 11.9 Å². The third-order valence-electron chi connectivity index (χ3n) is 1.95. The Morgan fingerprint density at radius 2 is 2.00 bits per heavy atom. The molecule has 4 nitrogen and oxygen atoms in total. The van der Waals surface area contributed by atoms with Crippen molar-refractivity contribution in [2.24, 2.45) is 0 Å². The SMILES string of the molecule is CCCC[C@](C)(NC(C)=O)C(=O)O. The number of aliphatic carboxylic acids is 1. The lowest BCUT2D eigenvalue weighted by Crippen LogP contribution is -2.51. The molecule has 0 fully saturated rings. The summed E-state index contributed by atoms with van der Waals surface area (Å²) in [6, 6.07) is 0. The molecule has 0 unspecified atom stereocenters. The van der Waals surface area contributed by atoms with Crippen molar-refractivity contribution in [3.05, 3.63) is 0 Å². The molecule has 4 heteroatoms. The molecular formula is C9H17NO3. The summed E-state index contributed by atoms with van der Waals surface area (Å²) >= 11 is 0. The third-order valence-corrected chi connectivity index (χ3v) is 1.95. The van der Waals surface area contributed by atoms with Gasteiger partial charge in [-0.15, -0.1) is 0 Å². The largest absolute Gasteiger partial charge is 0.480 e. The first-order chi connectivity index (χ1) is 5.92. The molecular weight excluding hydrogens is 170 g/mol. The highest BCUT2D eigenvalue weighted by molar-refractivity contribution is 5.85. The standard InChI is InChI=1S/C9H17NO3/c1-4-5-6-9(3,8(12)13)10-7(2)11/h4-6H2,1-3H3,(H,10,11)(H,12,13)/t9-/m0/s1. The quantitative estimate of drug-likeness (QED) is 0.678. The van der Waals surface area contributed by atoms with Gasteiger partial charge in [0.15, 0.2) is 0 Å². The maximum atomic E-state index is 10.8. The normalized spacial score (nSPS) is 14.7. The van der Waals surface area contributed by atoms with E-state index in [-0.39, 0.29) is 5.91 Å². The average molecular weight is 187 g/mol. The molecule has 0 radical (unpaired) electrons. The molecule has 1 atom stereocenters. The minimum atomic E-state index is -1.11. The zero-order valence-corrected chi connectivity index (χ0v) is 8.39. The van der Waals surface area contributed by atoms with Crippen LogP contribution in [-0.2, 0) is 9.59 Å². The van der Waals surface area contributed by atoms with Gasteiger partial charge >= 0.3 is 5.97 Å². The Bertz CT molecular complexity index is 203. The van der Waals surface area contributed by atoms with Gasteiger partial charge in [0.05, 0.1) is 0 Å². The van der Waals surface area contributed by atoms with Crippen LogP contribution in [0.4, 0.5) is 0 Å². The van der Waals surface area contributed by atoms with Crippen molar-refractivity contribution < 1.29 is 14.7 Å². The van der Waals surface area contributed by atoms with Gasteiger partial charge in [-0.1, -0.05) is 19.8 Å². The summed E-state index contributed by atoms with van der Waals surface area (Å²) in [5.41, 5.74) is -1.11. The second-order valence-corrected chi connectivity index (χ2v) is 3.42. The first-order valence-corrected chi connectivity index (χ1v) is 4.44. The minimum absolute atomic E-state index is 0.305. The number of nitrogens with one attached hydrogen (secondary N) is 1. The second kappa shape index (κ2) is 4.84. The maximum absolute atomic E-state index is 10.8. The highest BCUT2D eigenvalue weighted by atomic mass is 16.4. The van der Waals surface area contributed by atoms with Crippen molar-refractivity contribution in [3.8, 4) is 0 Å². The zero-order chi connectivity index (χ0) is 10.5. The van der Waals surface area contributed by atoms with E-state index in [0.29, 0.717) is 6.42 Å². The summed E-state index contributed by atoms with van der Waals surface area (Å²) in [7, 11) is 0. The van der Waals surface area contributed by atoms with Crippen molar-refractivity contribution in [1.29, 1.82) is 0 Å². The molecule has 0 aromatic carbocycles. The molecule has 0 saturated heterocycles. The fourth-order valence-electron chi connectivity index (χ4n) is 1.14. The Hall–Kier alpha value is -1.06. The van der Waals surface area contributed by atoms with E-state index >= 15 is 0 Å². The van der Waals surface area contributed by atoms with Gasteiger partial charge in [-0.3, -0.25) is 4.79 Å². The Labute approximate surface area is 78.3 Å². The van der Waals surface area contributed by atoms with Crippen LogP contribution < -0.4 is 5.32 Å². The number of rotatable bonds is 5. The Kier molecular flexibility index (Phi) is 4.45. The average Bonchev–Trinajstić information content (AvgIpc) is 1.99. The molecule has 0 bridgehead atoms. The van der Waals surface area contributed by atoms with Crippen LogP contribution in [-0.4, -0.2) is 22.5 Å². The van der Waals surface area contributed by atoms with E-state index in [4.69, 9.17) is 5.11 Å². The van der Waals surface area contributed by atoms with E-state index in [1.54, 1.807) is 0 Å². The molecule has 1 amide bonds. The number of hydrogen-bond acceptors (Lipinski definition) is 2. The lowest BCUT2D eigenvalue weighted by molar-refractivity contribution is -0.146. The monoisotopic (exact) mass is 187 g/mol. The third kappa shape index (κ3) is 3.92. The number of hydrogen-bond donors (Lipinski definition) is 2. The van der Waals surface area contributed by atoms with E-state index in [0.717, 1.165) is 12.8 Å². The highest BCUT2D eigenvalue weighted by Gasteiger charge is 2.32. The Morgan fingerprint density at radius 3 is 2.31 bits per heavy atom. The molecule has 0 aliphatic carbocycles. The summed E-state index contributed by atoms with van der Waals surface area (Å²) < 4.78 is 0. The lowest BCUT2D eigenvalue weighted by Gasteiger charge is -2.25. The summed E-state index contributed by atoms with van der Waals surface area (Å²) in [5, 5.41) is 11.3. The molecule has 0 aliphatic heterocycles. The van der Waals surface area contributed by atoms with Gasteiger partial charge in [0.1, 0.15) is 5.54 Å². The fourth-order valence-corrected chi connectivity index (χ4v) is 1.14.